The van der Waals surface area contributed by atoms with E-state index < -0.39 is 11.4 Å². The molecule has 5 heteroatoms. The molecule has 5 nitrogen and oxygen atoms in total. The van der Waals surface area contributed by atoms with Crippen molar-refractivity contribution in [2.45, 2.75) is 12.5 Å². The molecular weight excluding hydrogens is 316 g/mol. The molecule has 2 aliphatic rings. The Balaban J connectivity index is 1.79. The first kappa shape index (κ1) is 17.9. The van der Waals surface area contributed by atoms with Gasteiger partial charge in [0, 0.05) is 25.7 Å². The summed E-state index contributed by atoms with van der Waals surface area (Å²) in [6.45, 7) is 3.82. The number of carboxylic acid groups (broad SMARTS) is 1. The standard InChI is InChI=1S/C20H26N2O3/c1-21-18(15-22-11-13-25-14-12-22)20(19(23)24)9-7-17(8-10-20)16-5-3-2-4-6-16/h2-9,18,21H,10-15H2,1H3,(H,23,24). The molecule has 134 valence electrons. The Kier molecular flexibility index (Phi) is 5.68. The second-order valence-corrected chi connectivity index (χ2v) is 6.66. The highest BCUT2D eigenvalue weighted by Gasteiger charge is 2.44. The molecule has 0 radical (unpaired) electrons. The smallest absolute Gasteiger partial charge is 0.315 e. The number of allylic oxidation sites excluding steroid dienone is 3. The minimum atomic E-state index is -0.925. The number of rotatable bonds is 6. The van der Waals surface area contributed by atoms with Gasteiger partial charge in [-0.15, -0.1) is 0 Å². The van der Waals surface area contributed by atoms with E-state index in [9.17, 15) is 9.90 Å². The Morgan fingerprint density at radius 2 is 2.04 bits per heavy atom. The fourth-order valence-corrected chi connectivity index (χ4v) is 3.62. The molecule has 1 saturated heterocycles. The molecule has 1 heterocycles. The maximum absolute atomic E-state index is 12.2. The van der Waals surface area contributed by atoms with Crippen LogP contribution in [0.4, 0.5) is 0 Å². The quantitative estimate of drug-likeness (QED) is 0.828. The van der Waals surface area contributed by atoms with E-state index in [0.29, 0.717) is 26.2 Å². The van der Waals surface area contributed by atoms with Gasteiger partial charge >= 0.3 is 5.97 Å². The molecule has 0 spiro atoms. The molecule has 1 fully saturated rings. The maximum Gasteiger partial charge on any atom is 0.315 e. The summed E-state index contributed by atoms with van der Waals surface area (Å²) in [5, 5.41) is 13.3. The summed E-state index contributed by atoms with van der Waals surface area (Å²) < 4.78 is 5.39. The summed E-state index contributed by atoms with van der Waals surface area (Å²) in [5.74, 6) is -0.778. The third kappa shape index (κ3) is 3.84. The summed E-state index contributed by atoms with van der Waals surface area (Å²) in [7, 11) is 1.85. The number of hydrogen-bond acceptors (Lipinski definition) is 4. The molecule has 0 bridgehead atoms. The molecule has 1 aromatic rings. The van der Waals surface area contributed by atoms with Gasteiger partial charge in [-0.25, -0.2) is 0 Å². The maximum atomic E-state index is 12.2. The normalized spacial score (nSPS) is 25.4. The van der Waals surface area contributed by atoms with Gasteiger partial charge < -0.3 is 15.2 Å². The molecule has 0 saturated carbocycles. The minimum Gasteiger partial charge on any atom is -0.481 e. The highest BCUT2D eigenvalue weighted by Crippen LogP contribution is 2.37. The predicted octanol–water partition coefficient (Wildman–Crippen LogP) is 2.02. The fourth-order valence-electron chi connectivity index (χ4n) is 3.62. The van der Waals surface area contributed by atoms with Crippen LogP contribution in [0.3, 0.4) is 0 Å². The predicted molar refractivity (Wildman–Crippen MR) is 98.4 cm³/mol. The zero-order valence-electron chi connectivity index (χ0n) is 14.6. The lowest BCUT2D eigenvalue weighted by Gasteiger charge is -2.39. The highest BCUT2D eigenvalue weighted by molar-refractivity contribution is 5.84. The van der Waals surface area contributed by atoms with Crippen LogP contribution in [0.1, 0.15) is 12.0 Å². The number of nitrogens with one attached hydrogen (secondary N) is 1. The average molecular weight is 342 g/mol. The summed E-state index contributed by atoms with van der Waals surface area (Å²) in [4.78, 5) is 14.5. The Bertz CT molecular complexity index is 650. The molecule has 0 amide bonds. The van der Waals surface area contributed by atoms with Crippen molar-refractivity contribution in [3.05, 3.63) is 54.1 Å². The van der Waals surface area contributed by atoms with Crippen molar-refractivity contribution in [1.82, 2.24) is 10.2 Å². The van der Waals surface area contributed by atoms with Crippen LogP contribution in [0.5, 0.6) is 0 Å². The summed E-state index contributed by atoms with van der Waals surface area (Å²) in [6.07, 6.45) is 6.36. The first-order valence-electron chi connectivity index (χ1n) is 8.81. The Morgan fingerprint density at radius 3 is 2.60 bits per heavy atom. The number of likely N-dealkylation sites (N-methyl/N-ethyl adjacent to an activating group) is 1. The van der Waals surface area contributed by atoms with Gasteiger partial charge in [0.05, 0.1) is 13.2 Å². The molecule has 2 N–H and O–H groups in total. The first-order chi connectivity index (χ1) is 12.2. The molecule has 3 rings (SSSR count). The van der Waals surface area contributed by atoms with E-state index in [1.165, 1.54) is 0 Å². The topological polar surface area (TPSA) is 61.8 Å². The largest absolute Gasteiger partial charge is 0.481 e. The monoisotopic (exact) mass is 342 g/mol. The number of benzene rings is 1. The van der Waals surface area contributed by atoms with Crippen molar-refractivity contribution in [1.29, 1.82) is 0 Å². The SMILES string of the molecule is CNC(CN1CCOCC1)C1(C(=O)O)C=CC(c2ccccc2)=CC1. The van der Waals surface area contributed by atoms with Gasteiger partial charge in [-0.3, -0.25) is 9.69 Å². The molecule has 1 aliphatic heterocycles. The van der Waals surface area contributed by atoms with Crippen LogP contribution in [0, 0.1) is 5.41 Å². The number of carbonyl (C=O) groups is 1. The van der Waals surface area contributed by atoms with Crippen LogP contribution in [0.15, 0.2) is 48.6 Å². The molecule has 0 aromatic heterocycles. The van der Waals surface area contributed by atoms with Crippen LogP contribution in [0.25, 0.3) is 5.57 Å². The molecule has 2 atom stereocenters. The Hall–Kier alpha value is -1.95. The van der Waals surface area contributed by atoms with E-state index in [2.05, 4.69) is 10.2 Å². The zero-order chi connectivity index (χ0) is 17.7. The lowest BCUT2D eigenvalue weighted by atomic mass is 9.73. The molecule has 2 unspecified atom stereocenters. The van der Waals surface area contributed by atoms with Gasteiger partial charge in [-0.1, -0.05) is 48.6 Å². The van der Waals surface area contributed by atoms with Crippen molar-refractivity contribution in [3.8, 4) is 0 Å². The molecule has 25 heavy (non-hydrogen) atoms. The Labute approximate surface area is 149 Å². The van der Waals surface area contributed by atoms with E-state index in [1.54, 1.807) is 0 Å². The van der Waals surface area contributed by atoms with E-state index in [4.69, 9.17) is 4.74 Å². The lowest BCUT2D eigenvalue weighted by Crippen LogP contribution is -2.55. The van der Waals surface area contributed by atoms with Gasteiger partial charge in [-0.2, -0.15) is 0 Å². The van der Waals surface area contributed by atoms with Crippen LogP contribution >= 0.6 is 0 Å². The van der Waals surface area contributed by atoms with Gasteiger partial charge in [0.25, 0.3) is 0 Å². The Morgan fingerprint density at radius 1 is 1.32 bits per heavy atom. The van der Waals surface area contributed by atoms with E-state index in [-0.39, 0.29) is 6.04 Å². The van der Waals surface area contributed by atoms with Crippen molar-refractivity contribution in [2.75, 3.05) is 39.9 Å². The van der Waals surface area contributed by atoms with Crippen molar-refractivity contribution < 1.29 is 14.6 Å². The van der Waals surface area contributed by atoms with Crippen molar-refractivity contribution in [3.63, 3.8) is 0 Å². The van der Waals surface area contributed by atoms with Crippen LogP contribution in [0.2, 0.25) is 0 Å². The summed E-state index contributed by atoms with van der Waals surface area (Å²) in [5.41, 5.74) is 1.27. The van der Waals surface area contributed by atoms with Gasteiger partial charge in [-0.05, 0) is 24.6 Å². The first-order valence-corrected chi connectivity index (χ1v) is 8.81. The van der Waals surface area contributed by atoms with Crippen LogP contribution < -0.4 is 5.32 Å². The number of aliphatic carboxylic acids is 1. The zero-order valence-corrected chi connectivity index (χ0v) is 14.6. The van der Waals surface area contributed by atoms with Crippen molar-refractivity contribution >= 4 is 11.5 Å². The third-order valence-corrected chi connectivity index (χ3v) is 5.24. The summed E-state index contributed by atoms with van der Waals surface area (Å²) >= 11 is 0. The highest BCUT2D eigenvalue weighted by atomic mass is 16.5. The minimum absolute atomic E-state index is 0.159. The number of nitrogens with zero attached hydrogens (tertiary/aromatic N) is 1. The average Bonchev–Trinajstić information content (AvgIpc) is 2.67. The lowest BCUT2D eigenvalue weighted by molar-refractivity contribution is -0.148. The van der Waals surface area contributed by atoms with Crippen LogP contribution in [-0.4, -0.2) is 61.9 Å². The number of morpholine rings is 1. The van der Waals surface area contributed by atoms with Gasteiger partial charge in [0.1, 0.15) is 5.41 Å². The third-order valence-electron chi connectivity index (χ3n) is 5.24. The summed E-state index contributed by atoms with van der Waals surface area (Å²) in [6, 6.07) is 9.92. The molecular formula is C20H26N2O3. The second kappa shape index (κ2) is 7.95. The van der Waals surface area contributed by atoms with E-state index in [1.807, 2.05) is 55.6 Å². The number of carboxylic acids is 1. The van der Waals surface area contributed by atoms with Gasteiger partial charge in [0.2, 0.25) is 0 Å². The van der Waals surface area contributed by atoms with E-state index >= 15 is 0 Å². The fraction of sp³-hybridized carbons (Fsp3) is 0.450. The molecule has 1 aliphatic carbocycles. The van der Waals surface area contributed by atoms with E-state index in [0.717, 1.165) is 24.2 Å². The molecule has 1 aromatic carbocycles. The van der Waals surface area contributed by atoms with Crippen molar-refractivity contribution in [2.24, 2.45) is 5.41 Å². The second-order valence-electron chi connectivity index (χ2n) is 6.66. The number of ether oxygens (including phenoxy) is 1. The van der Waals surface area contributed by atoms with Crippen LogP contribution in [-0.2, 0) is 9.53 Å². The van der Waals surface area contributed by atoms with Gasteiger partial charge in [0.15, 0.2) is 0 Å². The number of hydrogen-bond donors (Lipinski definition) is 2.